The van der Waals surface area contributed by atoms with Gasteiger partial charge in [-0.15, -0.1) is 23.8 Å². The van der Waals surface area contributed by atoms with Gasteiger partial charge < -0.3 is 5.11 Å². The number of imidazole rings is 1. The smallest absolute Gasteiger partial charge is 0.148 e. The molecule has 2 fully saturated rings. The Balaban J connectivity index is 0.00000680. The van der Waals surface area contributed by atoms with Crippen LogP contribution in [0, 0.1) is 12.0 Å². The number of aromatic nitrogens is 3. The van der Waals surface area contributed by atoms with E-state index < -0.39 is 11.8 Å². The van der Waals surface area contributed by atoms with Crippen LogP contribution in [0.25, 0.3) is 95.0 Å². The van der Waals surface area contributed by atoms with Gasteiger partial charge in [-0.25, -0.2) is 4.98 Å². The van der Waals surface area contributed by atoms with Gasteiger partial charge in [-0.1, -0.05) is 233 Å². The van der Waals surface area contributed by atoms with E-state index in [9.17, 15) is 7.85 Å². The molecule has 2 heterocycles. The molecule has 0 bridgehead atoms. The van der Waals surface area contributed by atoms with Crippen LogP contribution in [0.15, 0.2) is 225 Å². The molecule has 0 spiro atoms. The van der Waals surface area contributed by atoms with E-state index in [1.165, 1.54) is 31.2 Å². The summed E-state index contributed by atoms with van der Waals surface area (Å²) in [6.07, 6.45) is 10.7. The monoisotopic (exact) mass is 1240 g/mol. The third-order valence-electron chi connectivity index (χ3n) is 16.9. The molecule has 0 amide bonds. The normalized spacial score (nSPS) is 17.8. The second kappa shape index (κ2) is 23.3. The van der Waals surface area contributed by atoms with Gasteiger partial charge in [-0.2, -0.15) is 0 Å². The zero-order valence-electron chi connectivity index (χ0n) is 48.4. The average molecular weight is 1240 g/mol. The van der Waals surface area contributed by atoms with Gasteiger partial charge in [0.1, 0.15) is 11.6 Å². The van der Waals surface area contributed by atoms with E-state index in [-0.39, 0.29) is 32.2 Å². The van der Waals surface area contributed by atoms with Crippen LogP contribution in [-0.2, 0) is 32.9 Å². The van der Waals surface area contributed by atoms with Crippen molar-refractivity contribution >= 4 is 11.0 Å². The maximum atomic E-state index is 12.8. The fourth-order valence-corrected chi connectivity index (χ4v) is 12.5. The molecule has 13 rings (SSSR count). The summed E-state index contributed by atoms with van der Waals surface area (Å²) in [5.74, 6) is 0.122. The van der Waals surface area contributed by atoms with E-state index in [4.69, 9.17) is 9.97 Å². The third kappa shape index (κ3) is 11.2. The second-order valence-corrected chi connectivity index (χ2v) is 23.2. The topological polar surface area (TPSA) is 50.9 Å². The van der Waals surface area contributed by atoms with Crippen molar-refractivity contribution in [1.82, 2.24) is 14.5 Å². The summed E-state index contributed by atoms with van der Waals surface area (Å²) < 4.78 is 21.2. The molecule has 9 aromatic carbocycles. The molecule has 5 heteroatoms. The van der Waals surface area contributed by atoms with Crippen molar-refractivity contribution in [3.8, 4) is 89.7 Å². The number of phenolic OH excluding ortho intramolecular Hbond substituents is 1. The molecule has 0 unspecified atom stereocenters. The number of hydrogen-bond acceptors (Lipinski definition) is 3. The predicted molar refractivity (Wildman–Crippen MR) is 332 cm³/mol. The van der Waals surface area contributed by atoms with Gasteiger partial charge in [-0.05, 0) is 142 Å². The second-order valence-electron chi connectivity index (χ2n) is 23.2. The minimum absolute atomic E-state index is 0. The van der Waals surface area contributed by atoms with Gasteiger partial charge in [0.15, 0.2) is 0 Å². The summed E-state index contributed by atoms with van der Waals surface area (Å²) in [7, 11) is 0. The molecule has 0 radical (unpaired) electrons. The zero-order valence-corrected chi connectivity index (χ0v) is 48.7. The minimum Gasteiger partial charge on any atom is -0.507 e. The Labute approximate surface area is 495 Å². The fraction of sp³-hybridized carbons (Fsp3) is 0.211. The summed E-state index contributed by atoms with van der Waals surface area (Å²) >= 11 is 0. The summed E-state index contributed by atoms with van der Waals surface area (Å²) in [4.78, 5) is 10.8. The van der Waals surface area contributed by atoms with Gasteiger partial charge in [0.2, 0.25) is 0 Å². The van der Waals surface area contributed by atoms with Crippen LogP contribution in [0.3, 0.4) is 0 Å². The van der Waals surface area contributed by atoms with Crippen molar-refractivity contribution in [3.05, 3.63) is 253 Å². The van der Waals surface area contributed by atoms with E-state index in [2.05, 4.69) is 207 Å². The first-order valence-corrected chi connectivity index (χ1v) is 28.8. The predicted octanol–water partition coefficient (Wildman–Crippen LogP) is 20.1. The third-order valence-corrected chi connectivity index (χ3v) is 16.9. The van der Waals surface area contributed by atoms with Crippen LogP contribution in [0.1, 0.15) is 109 Å². The van der Waals surface area contributed by atoms with E-state index in [1.54, 1.807) is 0 Å². The fourth-order valence-electron chi connectivity index (χ4n) is 12.5. The molecule has 1 N–H and O–H groups in total. The molecular weight excluding hydrogens is 1170 g/mol. The van der Waals surface area contributed by atoms with E-state index in [0.29, 0.717) is 43.0 Å². The molecule has 4 nitrogen and oxygen atoms in total. The van der Waals surface area contributed by atoms with E-state index >= 15 is 0 Å². The van der Waals surface area contributed by atoms with Crippen molar-refractivity contribution in [2.45, 2.75) is 95.8 Å². The molecule has 0 saturated heterocycles. The zero-order chi connectivity index (χ0) is 56.0. The summed E-state index contributed by atoms with van der Waals surface area (Å²) in [5.41, 5.74) is 19.1. The maximum absolute atomic E-state index is 12.8. The minimum atomic E-state index is -0.741. The number of para-hydroxylation sites is 1. The molecule has 11 aromatic rings. The molecule has 0 atom stereocenters. The maximum Gasteiger partial charge on any atom is 0.148 e. The summed E-state index contributed by atoms with van der Waals surface area (Å²) in [5, 5.41) is 12.8. The number of rotatable bonds is 12. The molecular formula is C76H68N3OPt-. The Kier molecular flexibility index (Phi) is 14.7. The number of aromatic hydroxyl groups is 1. The first-order valence-electron chi connectivity index (χ1n) is 29.8. The number of pyridine rings is 1. The van der Waals surface area contributed by atoms with Crippen molar-refractivity contribution in [2.75, 3.05) is 0 Å². The molecule has 2 aliphatic rings. The van der Waals surface area contributed by atoms with Crippen LogP contribution in [0.5, 0.6) is 5.75 Å². The molecule has 2 saturated carbocycles. The van der Waals surface area contributed by atoms with Gasteiger partial charge in [0, 0.05) is 46.8 Å². The molecule has 404 valence electrons. The van der Waals surface area contributed by atoms with Crippen LogP contribution in [0.2, 0.25) is 0 Å². The number of nitrogens with zero attached hydrogens (tertiary/aromatic N) is 3. The van der Waals surface area contributed by atoms with Gasteiger partial charge in [0.05, 0.1) is 22.3 Å². The molecule has 0 aliphatic heterocycles. The van der Waals surface area contributed by atoms with Crippen LogP contribution < -0.4 is 0 Å². The summed E-state index contributed by atoms with van der Waals surface area (Å²) in [6, 6.07) is 80.3. The van der Waals surface area contributed by atoms with Crippen LogP contribution in [0.4, 0.5) is 0 Å². The largest absolute Gasteiger partial charge is 0.507 e. The van der Waals surface area contributed by atoms with Crippen LogP contribution in [-0.4, -0.2) is 19.6 Å². The van der Waals surface area contributed by atoms with Gasteiger partial charge in [-0.3, -0.25) is 9.55 Å². The van der Waals surface area contributed by atoms with Crippen molar-refractivity contribution in [2.24, 2.45) is 5.92 Å². The van der Waals surface area contributed by atoms with E-state index in [0.717, 1.165) is 107 Å². The molecule has 2 aromatic heterocycles. The van der Waals surface area contributed by atoms with Gasteiger partial charge in [0.25, 0.3) is 0 Å². The Morgan fingerprint density at radius 1 is 0.519 bits per heavy atom. The Morgan fingerprint density at radius 3 is 1.75 bits per heavy atom. The SMILES string of the molecule is [2H]C1(c2ccccc2)CCC([2H])(c2ccc(-c3ccnc(-c4[c-]c(-c5cccc6c5nc(-c5cc(C(C)(C)C)cc(-c7ccccc7)c5O)n6-c5ccc(CC6CCCC6)cc5-c5ccccc5)cc(-c5ccccc5)c4)c3)cc2)CC1.[Pt]. The van der Waals surface area contributed by atoms with Gasteiger partial charge >= 0.3 is 0 Å². The molecule has 2 aliphatic carbocycles. The number of phenols is 1. The first-order chi connectivity index (χ1) is 39.9. The Bertz CT molecular complexity index is 4090. The van der Waals surface area contributed by atoms with Crippen molar-refractivity contribution in [1.29, 1.82) is 0 Å². The van der Waals surface area contributed by atoms with Crippen molar-refractivity contribution < 1.29 is 28.9 Å². The number of benzene rings is 9. The Morgan fingerprint density at radius 2 is 1.10 bits per heavy atom. The summed E-state index contributed by atoms with van der Waals surface area (Å²) in [6.45, 7) is 6.68. The Hall–Kier alpha value is -7.91. The average Bonchev–Trinajstić information content (AvgIpc) is 3.14. The van der Waals surface area contributed by atoms with Crippen LogP contribution >= 0.6 is 0 Å². The number of fused-ring (bicyclic) bond motifs is 1. The van der Waals surface area contributed by atoms with Crippen molar-refractivity contribution in [3.63, 3.8) is 0 Å². The number of hydrogen-bond donors (Lipinski definition) is 1. The first kappa shape index (κ1) is 51.2. The standard InChI is InChI=1S/C76H68N3O.Pt/c1-76(2,3)65-49-68(60-27-14-7-15-28-60)74(80)69(50-65)75-78-73-66(29-18-30-72(73)79(75)71-40-31-52(43-51-19-16-17-20-51)44-67(71)59-25-12-6-13-26-59)63-45-62(54-23-10-5-11-24-54)46-64(47-63)70-48-61(41-42-77-70)58-38-36-57(37-39-58)56-34-32-55(33-35-56)53-21-8-4-9-22-53;/h4-15,18,21-31,36-42,44-46,48-51,55-56,80H,16-17,19-20,32-35,43H2,1-3H3;/q-1;/i55D,56D;. The molecule has 81 heavy (non-hydrogen) atoms. The van der Waals surface area contributed by atoms with E-state index in [1.807, 2.05) is 48.7 Å². The quantitative estimate of drug-likeness (QED) is 0.124.